The highest BCUT2D eigenvalue weighted by molar-refractivity contribution is 8.14. The first-order valence-corrected chi connectivity index (χ1v) is 11.1. The van der Waals surface area contributed by atoms with Crippen molar-refractivity contribution in [1.29, 1.82) is 5.26 Å². The molecule has 0 saturated carbocycles. The predicted octanol–water partition coefficient (Wildman–Crippen LogP) is 3.04. The lowest BCUT2D eigenvalue weighted by Crippen LogP contribution is -2.41. The quantitative estimate of drug-likeness (QED) is 0.728. The van der Waals surface area contributed by atoms with Gasteiger partial charge in [-0.25, -0.2) is 9.89 Å². The Kier molecular flexibility index (Phi) is 6.43. The van der Waals surface area contributed by atoms with Crippen LogP contribution in [0, 0.1) is 11.3 Å². The minimum Gasteiger partial charge on any atom is -0.356 e. The molecular formula is C23H21N5O2S. The highest BCUT2D eigenvalue weighted by Gasteiger charge is 2.41. The number of nitrogens with one attached hydrogen (secondary N) is 1. The van der Waals surface area contributed by atoms with Crippen molar-refractivity contribution < 1.29 is 9.59 Å². The summed E-state index contributed by atoms with van der Waals surface area (Å²) in [5.41, 5.74) is 2.68. The van der Waals surface area contributed by atoms with Crippen molar-refractivity contribution in [2.45, 2.75) is 25.3 Å². The summed E-state index contributed by atoms with van der Waals surface area (Å²) in [5, 5.41) is 12.3. The molecule has 0 bridgehead atoms. The van der Waals surface area contributed by atoms with E-state index in [-0.39, 0.29) is 24.0 Å². The van der Waals surface area contributed by atoms with Gasteiger partial charge in [-0.05, 0) is 30.5 Å². The maximum absolute atomic E-state index is 13.0. The van der Waals surface area contributed by atoms with E-state index in [4.69, 9.17) is 5.26 Å². The number of fused-ring (bicyclic) bond motifs is 3. The number of para-hydroxylation sites is 1. The van der Waals surface area contributed by atoms with E-state index in [0.29, 0.717) is 24.0 Å². The Morgan fingerprint density at radius 2 is 1.94 bits per heavy atom. The lowest BCUT2D eigenvalue weighted by Gasteiger charge is -2.25. The van der Waals surface area contributed by atoms with Gasteiger partial charge in [-0.3, -0.25) is 14.6 Å². The number of rotatable bonds is 7. The van der Waals surface area contributed by atoms with Crippen LogP contribution in [0.4, 0.5) is 5.69 Å². The number of carbonyl (C=O) groups is 2. The van der Waals surface area contributed by atoms with E-state index in [1.165, 1.54) is 16.7 Å². The van der Waals surface area contributed by atoms with Crippen molar-refractivity contribution >= 4 is 40.3 Å². The summed E-state index contributed by atoms with van der Waals surface area (Å²) in [6, 6.07) is 18.9. The number of benzene rings is 2. The van der Waals surface area contributed by atoms with E-state index in [9.17, 15) is 9.59 Å². The van der Waals surface area contributed by atoms with Crippen LogP contribution in [-0.2, 0) is 16.0 Å². The Morgan fingerprint density at radius 1 is 1.16 bits per heavy atom. The number of aliphatic imine (C=N–C) groups is 2. The van der Waals surface area contributed by atoms with Crippen molar-refractivity contribution in [3.63, 3.8) is 0 Å². The Labute approximate surface area is 184 Å². The first kappa shape index (κ1) is 20.8. The molecule has 156 valence electrons. The molecule has 0 saturated heterocycles. The van der Waals surface area contributed by atoms with Crippen molar-refractivity contribution in [1.82, 2.24) is 10.2 Å². The van der Waals surface area contributed by atoms with E-state index >= 15 is 0 Å². The van der Waals surface area contributed by atoms with Crippen LogP contribution in [0.25, 0.3) is 0 Å². The van der Waals surface area contributed by atoms with Crippen LogP contribution >= 0.6 is 11.8 Å². The molecule has 4 rings (SSSR count). The fourth-order valence-corrected chi connectivity index (χ4v) is 4.19. The molecule has 2 aromatic carbocycles. The highest BCUT2D eigenvalue weighted by Crippen LogP contribution is 2.34. The van der Waals surface area contributed by atoms with E-state index in [2.05, 4.69) is 21.4 Å². The first-order valence-electron chi connectivity index (χ1n) is 10.1. The summed E-state index contributed by atoms with van der Waals surface area (Å²) >= 11 is 1.21. The average Bonchev–Trinajstić information content (AvgIpc) is 3.13. The molecule has 2 aliphatic heterocycles. The summed E-state index contributed by atoms with van der Waals surface area (Å²) in [6.45, 7) is 0.553. The molecule has 7 nitrogen and oxygen atoms in total. The molecule has 0 aliphatic carbocycles. The summed E-state index contributed by atoms with van der Waals surface area (Å²) in [5.74, 6) is 0.435. The number of amides is 2. The number of hydrogen-bond donors (Lipinski definition) is 1. The zero-order valence-corrected chi connectivity index (χ0v) is 17.6. The second-order valence-corrected chi connectivity index (χ2v) is 8.07. The van der Waals surface area contributed by atoms with Crippen molar-refractivity contribution in [3.8, 4) is 6.07 Å². The van der Waals surface area contributed by atoms with E-state index < -0.39 is 6.04 Å². The van der Waals surface area contributed by atoms with Crippen LogP contribution in [0.3, 0.4) is 0 Å². The molecule has 0 radical (unpaired) electrons. The Bertz CT molecular complexity index is 1090. The SMILES string of the molecule is N#CCSC1=Nc2ccccc2C2=N[C@H](CCC(=O)NCCc3ccccc3)C(=O)N12. The van der Waals surface area contributed by atoms with Gasteiger partial charge in [-0.1, -0.05) is 54.2 Å². The van der Waals surface area contributed by atoms with Crippen molar-refractivity contribution in [2.75, 3.05) is 12.3 Å². The normalized spacial score (nSPS) is 16.7. The predicted molar refractivity (Wildman–Crippen MR) is 121 cm³/mol. The largest absolute Gasteiger partial charge is 0.356 e. The van der Waals surface area contributed by atoms with Crippen LogP contribution in [-0.4, -0.2) is 46.1 Å². The molecule has 1 N–H and O–H groups in total. The molecule has 2 aliphatic rings. The van der Waals surface area contributed by atoms with Crippen LogP contribution in [0.1, 0.15) is 24.0 Å². The monoisotopic (exact) mass is 431 g/mol. The summed E-state index contributed by atoms with van der Waals surface area (Å²) < 4.78 is 0. The minimum absolute atomic E-state index is 0.0954. The maximum Gasteiger partial charge on any atom is 0.259 e. The molecule has 2 heterocycles. The van der Waals surface area contributed by atoms with Gasteiger partial charge in [0.2, 0.25) is 5.91 Å². The van der Waals surface area contributed by atoms with Gasteiger partial charge in [0.15, 0.2) is 5.17 Å². The first-order chi connectivity index (χ1) is 15.2. The number of nitrogens with zero attached hydrogens (tertiary/aromatic N) is 4. The molecule has 0 spiro atoms. The van der Waals surface area contributed by atoms with Gasteiger partial charge >= 0.3 is 0 Å². The molecule has 0 aromatic heterocycles. The summed E-state index contributed by atoms with van der Waals surface area (Å²) in [6.07, 6.45) is 1.31. The van der Waals surface area contributed by atoms with Gasteiger partial charge in [0.25, 0.3) is 5.91 Å². The fraction of sp³-hybridized carbons (Fsp3) is 0.261. The molecule has 8 heteroatoms. The van der Waals surface area contributed by atoms with Crippen LogP contribution in [0.5, 0.6) is 0 Å². The molecule has 2 aromatic rings. The van der Waals surface area contributed by atoms with Gasteiger partial charge in [-0.2, -0.15) is 5.26 Å². The van der Waals surface area contributed by atoms with Crippen LogP contribution in [0.2, 0.25) is 0 Å². The molecule has 0 unspecified atom stereocenters. The second-order valence-electron chi connectivity index (χ2n) is 7.12. The van der Waals surface area contributed by atoms with Gasteiger partial charge in [0, 0.05) is 18.5 Å². The van der Waals surface area contributed by atoms with E-state index in [0.717, 1.165) is 23.2 Å². The fourth-order valence-electron chi connectivity index (χ4n) is 3.53. The lowest BCUT2D eigenvalue weighted by atomic mass is 10.1. The number of amidine groups is 2. The number of thioether (sulfide) groups is 1. The molecule has 31 heavy (non-hydrogen) atoms. The maximum atomic E-state index is 13.0. The Balaban J connectivity index is 1.39. The third-order valence-electron chi connectivity index (χ3n) is 5.04. The van der Waals surface area contributed by atoms with Crippen LogP contribution < -0.4 is 5.32 Å². The summed E-state index contributed by atoms with van der Waals surface area (Å²) in [7, 11) is 0. The topological polar surface area (TPSA) is 97.9 Å². The third-order valence-corrected chi connectivity index (χ3v) is 5.84. The van der Waals surface area contributed by atoms with E-state index in [1.807, 2.05) is 54.6 Å². The zero-order valence-electron chi connectivity index (χ0n) is 16.8. The van der Waals surface area contributed by atoms with E-state index in [1.54, 1.807) is 0 Å². The molecule has 0 fully saturated rings. The number of nitriles is 1. The molecular weight excluding hydrogens is 410 g/mol. The number of hydrogen-bond acceptors (Lipinski definition) is 6. The minimum atomic E-state index is -0.631. The standard InChI is InChI=1S/C23H21N5O2S/c24-13-15-31-23-27-18-9-5-4-8-17(18)21-26-19(22(30)28(21)23)10-11-20(29)25-14-12-16-6-2-1-3-7-16/h1-9,19H,10-12,14-15H2,(H,25,29)/t19-/m1/s1. The highest BCUT2D eigenvalue weighted by atomic mass is 32.2. The second kappa shape index (κ2) is 9.58. The van der Waals surface area contributed by atoms with Crippen molar-refractivity contribution in [3.05, 3.63) is 65.7 Å². The Morgan fingerprint density at radius 3 is 2.74 bits per heavy atom. The summed E-state index contributed by atoms with van der Waals surface area (Å²) in [4.78, 5) is 36.0. The van der Waals surface area contributed by atoms with Gasteiger partial charge < -0.3 is 5.32 Å². The van der Waals surface area contributed by atoms with Gasteiger partial charge in [0.1, 0.15) is 11.9 Å². The zero-order chi connectivity index (χ0) is 21.6. The third kappa shape index (κ3) is 4.67. The smallest absolute Gasteiger partial charge is 0.259 e. The van der Waals surface area contributed by atoms with Gasteiger partial charge in [0.05, 0.1) is 17.5 Å². The van der Waals surface area contributed by atoms with Crippen molar-refractivity contribution in [2.24, 2.45) is 9.98 Å². The van der Waals surface area contributed by atoms with Crippen LogP contribution in [0.15, 0.2) is 64.6 Å². The number of carbonyl (C=O) groups excluding carboxylic acids is 2. The molecule has 1 atom stereocenters. The lowest BCUT2D eigenvalue weighted by molar-refractivity contribution is -0.125. The average molecular weight is 432 g/mol. The van der Waals surface area contributed by atoms with Gasteiger partial charge in [-0.15, -0.1) is 0 Å². The Hall–Kier alpha value is -3.44. The molecule has 2 amide bonds.